The van der Waals surface area contributed by atoms with Crippen LogP contribution in [0.1, 0.15) is 95.4 Å². The number of rotatable bonds is 10. The number of hydrogen-bond acceptors (Lipinski definition) is 8. The summed E-state index contributed by atoms with van der Waals surface area (Å²) in [5.74, 6) is -1.89. The van der Waals surface area contributed by atoms with E-state index in [2.05, 4.69) is 10.0 Å². The number of hydrogen-bond donors (Lipinski definition) is 2. The van der Waals surface area contributed by atoms with Gasteiger partial charge in [0.05, 0.1) is 10.8 Å². The molecule has 0 fully saturated rings. The molecule has 0 aliphatic carbocycles. The van der Waals surface area contributed by atoms with Crippen LogP contribution in [-0.4, -0.2) is 45.6 Å². The Morgan fingerprint density at radius 2 is 1.57 bits per heavy atom. The average Bonchev–Trinajstić information content (AvgIpc) is 2.95. The normalized spacial score (nSPS) is 14.0. The van der Waals surface area contributed by atoms with Gasteiger partial charge in [-0.2, -0.15) is 0 Å². The first kappa shape index (κ1) is 37.9. The summed E-state index contributed by atoms with van der Waals surface area (Å²) in [4.78, 5) is 39.1. The molecule has 10 nitrogen and oxygen atoms in total. The number of ketones is 1. The van der Waals surface area contributed by atoms with Crippen LogP contribution in [0.15, 0.2) is 59.5 Å². The third-order valence-corrected chi connectivity index (χ3v) is 11.4. The first-order chi connectivity index (χ1) is 21.4. The van der Waals surface area contributed by atoms with Gasteiger partial charge in [0, 0.05) is 52.9 Å². The number of halogens is 1. The predicted octanol–water partition coefficient (Wildman–Crippen LogP) is 5.67. The van der Waals surface area contributed by atoms with Crippen LogP contribution in [0.25, 0.3) is 11.1 Å². The molecule has 0 radical (unpaired) electrons. The van der Waals surface area contributed by atoms with Crippen molar-refractivity contribution >= 4 is 33.1 Å². The molecule has 1 amide bonds. The SMILES string of the molecule is CC(N[S+]([O-])C(C)(C)C)c1cc(=O)n(C)cc1-c1cc(C(C)(C)S(=O)(=O)COC(=O)NC(C)(C)C)ccc1C(=O)c1ccc(F)cc1. The highest BCUT2D eigenvalue weighted by molar-refractivity contribution is 7.92. The van der Waals surface area contributed by atoms with Crippen LogP contribution < -0.4 is 15.6 Å². The Morgan fingerprint density at radius 1 is 0.979 bits per heavy atom. The Labute approximate surface area is 279 Å². The number of aryl methyl sites for hydroxylation is 1. The molecule has 0 aliphatic heterocycles. The fraction of sp³-hybridized carbons (Fsp3) is 0.441. The van der Waals surface area contributed by atoms with Gasteiger partial charge >= 0.3 is 6.09 Å². The van der Waals surface area contributed by atoms with E-state index in [0.717, 1.165) is 12.1 Å². The van der Waals surface area contributed by atoms with E-state index in [1.54, 1.807) is 61.6 Å². The van der Waals surface area contributed by atoms with Crippen molar-refractivity contribution in [1.29, 1.82) is 0 Å². The third-order valence-electron chi connectivity index (χ3n) is 7.52. The smallest absolute Gasteiger partial charge is 0.408 e. The van der Waals surface area contributed by atoms with Gasteiger partial charge in [-0.1, -0.05) is 12.1 Å². The molecule has 1 aromatic heterocycles. The lowest BCUT2D eigenvalue weighted by Crippen LogP contribution is -2.42. The molecule has 1 heterocycles. The summed E-state index contributed by atoms with van der Waals surface area (Å²) in [5, 5.41) is 2.56. The van der Waals surface area contributed by atoms with Crippen molar-refractivity contribution in [3.63, 3.8) is 0 Å². The van der Waals surface area contributed by atoms with Crippen LogP contribution in [0.4, 0.5) is 9.18 Å². The third kappa shape index (κ3) is 9.10. The number of carbonyl (C=O) groups is 2. The molecule has 2 atom stereocenters. The van der Waals surface area contributed by atoms with Crippen molar-refractivity contribution in [2.75, 3.05) is 5.94 Å². The molecular formula is C34H44FN3O7S2. The van der Waals surface area contributed by atoms with E-state index in [1.807, 2.05) is 0 Å². The second-order valence-corrected chi connectivity index (χ2v) is 18.4. The van der Waals surface area contributed by atoms with E-state index in [1.165, 1.54) is 54.9 Å². The van der Waals surface area contributed by atoms with Crippen LogP contribution in [0, 0.1) is 5.82 Å². The van der Waals surface area contributed by atoms with Gasteiger partial charge in [-0.25, -0.2) is 17.6 Å². The number of sulfone groups is 1. The summed E-state index contributed by atoms with van der Waals surface area (Å²) in [5.41, 5.74) is 0.787. The Kier molecular flexibility index (Phi) is 11.2. The summed E-state index contributed by atoms with van der Waals surface area (Å²) < 4.78 is 61.3. The maximum atomic E-state index is 13.9. The van der Waals surface area contributed by atoms with Crippen molar-refractivity contribution in [3.05, 3.63) is 93.2 Å². The molecule has 256 valence electrons. The molecule has 3 rings (SSSR count). The van der Waals surface area contributed by atoms with E-state index < -0.39 is 65.9 Å². The maximum absolute atomic E-state index is 13.9. The van der Waals surface area contributed by atoms with Gasteiger partial charge < -0.3 is 19.2 Å². The molecule has 0 bridgehead atoms. The van der Waals surface area contributed by atoms with Gasteiger partial charge in [-0.05, 0) is 109 Å². The van der Waals surface area contributed by atoms with E-state index >= 15 is 0 Å². The van der Waals surface area contributed by atoms with Crippen LogP contribution in [0.3, 0.4) is 0 Å². The molecule has 2 aromatic carbocycles. The second kappa shape index (κ2) is 13.9. The summed E-state index contributed by atoms with van der Waals surface area (Å²) in [6, 6.07) is 10.3. The van der Waals surface area contributed by atoms with Crippen LogP contribution in [0.2, 0.25) is 0 Å². The largest absolute Gasteiger partial charge is 0.598 e. The molecular weight excluding hydrogens is 646 g/mol. The van der Waals surface area contributed by atoms with Crippen molar-refractivity contribution < 1.29 is 31.7 Å². The summed E-state index contributed by atoms with van der Waals surface area (Å²) in [6.07, 6.45) is 0.652. The highest BCUT2D eigenvalue weighted by Gasteiger charge is 2.38. The Hall–Kier alpha value is -3.52. The number of benzene rings is 2. The van der Waals surface area contributed by atoms with Gasteiger partial charge in [-0.15, -0.1) is 4.72 Å². The number of amides is 1. The number of nitrogens with zero attached hydrogens (tertiary/aromatic N) is 1. The van der Waals surface area contributed by atoms with E-state index in [0.29, 0.717) is 16.7 Å². The molecule has 0 spiro atoms. The molecule has 0 aliphatic rings. The predicted molar refractivity (Wildman–Crippen MR) is 183 cm³/mol. The number of carbonyl (C=O) groups excluding carboxylic acids is 2. The van der Waals surface area contributed by atoms with Gasteiger partial charge in [-0.3, -0.25) is 9.59 Å². The fourth-order valence-electron chi connectivity index (χ4n) is 4.53. The Bertz CT molecular complexity index is 1810. The second-order valence-electron chi connectivity index (χ2n) is 14.0. The van der Waals surface area contributed by atoms with Gasteiger partial charge in [0.25, 0.3) is 5.56 Å². The molecule has 0 saturated carbocycles. The molecule has 2 N–H and O–H groups in total. The number of aromatic nitrogens is 1. The molecule has 47 heavy (non-hydrogen) atoms. The van der Waals surface area contributed by atoms with Crippen LogP contribution in [-0.2, 0) is 37.7 Å². The highest BCUT2D eigenvalue weighted by atomic mass is 32.2. The summed E-state index contributed by atoms with van der Waals surface area (Å²) >= 11 is -1.52. The van der Waals surface area contributed by atoms with Crippen LogP contribution >= 0.6 is 0 Å². The van der Waals surface area contributed by atoms with Gasteiger partial charge in [0.2, 0.25) is 0 Å². The number of pyridine rings is 1. The summed E-state index contributed by atoms with van der Waals surface area (Å²) in [7, 11) is -2.60. The minimum absolute atomic E-state index is 0.165. The maximum Gasteiger partial charge on any atom is 0.408 e. The Morgan fingerprint density at radius 3 is 2.13 bits per heavy atom. The van der Waals surface area contributed by atoms with E-state index in [9.17, 15) is 31.7 Å². The van der Waals surface area contributed by atoms with Gasteiger partial charge in [0.1, 0.15) is 10.6 Å². The molecule has 2 unspecified atom stereocenters. The molecule has 3 aromatic rings. The van der Waals surface area contributed by atoms with Crippen molar-refractivity contribution in [3.8, 4) is 11.1 Å². The van der Waals surface area contributed by atoms with Crippen molar-refractivity contribution in [1.82, 2.24) is 14.6 Å². The number of nitrogens with one attached hydrogen (secondary N) is 2. The zero-order valence-corrected chi connectivity index (χ0v) is 30.1. The fourth-order valence-corrected chi connectivity index (χ4v) is 6.37. The number of alkyl carbamates (subject to hydrolysis) is 1. The topological polar surface area (TPSA) is 147 Å². The Balaban J connectivity index is 2.24. The first-order valence-corrected chi connectivity index (χ1v) is 17.8. The zero-order valence-electron chi connectivity index (χ0n) is 28.5. The molecule has 13 heteroatoms. The lowest BCUT2D eigenvalue weighted by atomic mass is 9.87. The minimum Gasteiger partial charge on any atom is -0.598 e. The average molecular weight is 690 g/mol. The number of ether oxygens (including phenoxy) is 1. The monoisotopic (exact) mass is 689 g/mol. The van der Waals surface area contributed by atoms with E-state index in [4.69, 9.17) is 4.74 Å². The molecule has 0 saturated heterocycles. The standard InChI is InChI=1S/C34H44FN3O7S2/c1-21(37-46(42)33(5,6)7)26-18-29(39)38(10)19-28(26)27-17-23(13-16-25(27)30(40)22-11-14-24(35)15-12-22)34(8,9)47(43,44)20-45-31(41)36-32(2,3)4/h11-19,21,37H,20H2,1-10H3,(H,36,41). The summed E-state index contributed by atoms with van der Waals surface area (Å²) in [6.45, 7) is 15.3. The zero-order chi connectivity index (χ0) is 35.7. The van der Waals surface area contributed by atoms with Gasteiger partial charge in [0.15, 0.2) is 21.6 Å². The first-order valence-electron chi connectivity index (χ1n) is 15.0. The van der Waals surface area contributed by atoms with Crippen molar-refractivity contribution in [2.45, 2.75) is 83.4 Å². The van der Waals surface area contributed by atoms with Crippen molar-refractivity contribution in [2.24, 2.45) is 7.05 Å². The lowest BCUT2D eigenvalue weighted by molar-refractivity contribution is 0.103. The lowest BCUT2D eigenvalue weighted by Gasteiger charge is -2.29. The minimum atomic E-state index is -4.14. The van der Waals surface area contributed by atoms with Crippen LogP contribution in [0.5, 0.6) is 0 Å². The van der Waals surface area contributed by atoms with E-state index in [-0.39, 0.29) is 22.2 Å². The quantitative estimate of drug-likeness (QED) is 0.205. The highest BCUT2D eigenvalue weighted by Crippen LogP contribution is 2.38.